The molecule has 3 aromatic heterocycles. The lowest BCUT2D eigenvalue weighted by Crippen LogP contribution is -2.34. The van der Waals surface area contributed by atoms with Crippen molar-refractivity contribution in [3.8, 4) is 6.01 Å². The van der Waals surface area contributed by atoms with E-state index >= 15 is 0 Å². The van der Waals surface area contributed by atoms with Gasteiger partial charge in [0.25, 0.3) is 5.65 Å². The Labute approximate surface area is 121 Å². The van der Waals surface area contributed by atoms with E-state index in [1.165, 1.54) is 0 Å². The highest BCUT2D eigenvalue weighted by Crippen LogP contribution is 2.13. The molecule has 0 fully saturated rings. The molecule has 0 atom stereocenters. The van der Waals surface area contributed by atoms with Crippen LogP contribution in [-0.2, 0) is 13.0 Å². The zero-order valence-corrected chi connectivity index (χ0v) is 11.7. The van der Waals surface area contributed by atoms with Crippen molar-refractivity contribution in [2.24, 2.45) is 0 Å². The molecule has 0 radical (unpaired) electrons. The van der Waals surface area contributed by atoms with Crippen LogP contribution in [0.5, 0.6) is 6.01 Å². The molecular weight excluding hydrogens is 276 g/mol. The van der Waals surface area contributed by atoms with E-state index in [0.29, 0.717) is 18.1 Å². The van der Waals surface area contributed by atoms with Crippen molar-refractivity contribution in [3.63, 3.8) is 0 Å². The summed E-state index contributed by atoms with van der Waals surface area (Å²) in [6.07, 6.45) is 2.38. The maximum absolute atomic E-state index is 11.8. The van der Waals surface area contributed by atoms with E-state index in [1.54, 1.807) is 21.3 Å². The van der Waals surface area contributed by atoms with Crippen molar-refractivity contribution in [1.82, 2.24) is 14.6 Å². The molecule has 3 aromatic rings. The number of hydrogen-bond donors (Lipinski definition) is 0. The average Bonchev–Trinajstić information content (AvgIpc) is 2.78. The fourth-order valence-electron chi connectivity index (χ4n) is 2.24. The van der Waals surface area contributed by atoms with E-state index in [4.69, 9.17) is 11.6 Å². The topological polar surface area (TPSA) is 57.1 Å². The summed E-state index contributed by atoms with van der Waals surface area (Å²) in [5.74, 6) is 0. The fraction of sp³-hybridized carbons (Fsp3) is 0.214. The Morgan fingerprint density at radius 3 is 2.85 bits per heavy atom. The predicted octanol–water partition coefficient (Wildman–Crippen LogP) is 1.35. The lowest BCUT2D eigenvalue weighted by molar-refractivity contribution is -0.711. The first-order valence-corrected chi connectivity index (χ1v) is 6.74. The second-order valence-corrected chi connectivity index (χ2v) is 4.87. The number of hydrogen-bond acceptors (Lipinski definition) is 3. The largest absolute Gasteiger partial charge is 0.818 e. The minimum absolute atomic E-state index is 0.228. The number of fused-ring (bicyclic) bond motifs is 1. The van der Waals surface area contributed by atoms with Gasteiger partial charge in [0.2, 0.25) is 6.01 Å². The zero-order chi connectivity index (χ0) is 14.1. The van der Waals surface area contributed by atoms with Gasteiger partial charge in [-0.2, -0.15) is 0 Å². The van der Waals surface area contributed by atoms with E-state index in [9.17, 15) is 5.11 Å². The first-order chi connectivity index (χ1) is 9.69. The van der Waals surface area contributed by atoms with E-state index in [1.807, 2.05) is 31.2 Å². The number of nitrogens with zero attached hydrogens (tertiary/aromatic N) is 4. The normalized spacial score (nSPS) is 11.1. The molecule has 0 saturated carbocycles. The molecule has 0 N–H and O–H groups in total. The molecule has 20 heavy (non-hydrogen) atoms. The van der Waals surface area contributed by atoms with E-state index in [-0.39, 0.29) is 6.01 Å². The van der Waals surface area contributed by atoms with Gasteiger partial charge in [-0.15, -0.1) is 0 Å². The third-order valence-corrected chi connectivity index (χ3v) is 3.43. The van der Waals surface area contributed by atoms with Crippen LogP contribution in [0.1, 0.15) is 18.2 Å². The van der Waals surface area contributed by atoms with Crippen LogP contribution in [0.3, 0.4) is 0 Å². The van der Waals surface area contributed by atoms with E-state index in [2.05, 4.69) is 10.1 Å². The fourth-order valence-corrected chi connectivity index (χ4v) is 2.35. The highest BCUT2D eigenvalue weighted by Gasteiger charge is 2.15. The minimum Gasteiger partial charge on any atom is -0.818 e. The van der Waals surface area contributed by atoms with Gasteiger partial charge in [0.05, 0.1) is 6.54 Å². The summed E-state index contributed by atoms with van der Waals surface area (Å²) in [6, 6.07) is 9.22. The van der Waals surface area contributed by atoms with Gasteiger partial charge in [0, 0.05) is 23.8 Å². The standard InChI is InChI=1S/C14H13ClN4O/c1-2-18-13-5-3-4-11(19(13)17-14(18)20)8-10-6-7-12(15)16-9-10/h3-7,9H,2,8H2,1H3. The van der Waals surface area contributed by atoms with Crippen molar-refractivity contribution >= 4 is 17.2 Å². The molecule has 0 aliphatic heterocycles. The first kappa shape index (κ1) is 12.9. The second kappa shape index (κ2) is 5.09. The maximum atomic E-state index is 11.8. The first-order valence-electron chi connectivity index (χ1n) is 6.37. The minimum atomic E-state index is -0.228. The Bertz CT molecular complexity index is 752. The van der Waals surface area contributed by atoms with E-state index < -0.39 is 0 Å². The van der Waals surface area contributed by atoms with Crippen molar-refractivity contribution in [3.05, 3.63) is 52.9 Å². The van der Waals surface area contributed by atoms with Gasteiger partial charge >= 0.3 is 0 Å². The van der Waals surface area contributed by atoms with Crippen molar-refractivity contribution in [1.29, 1.82) is 0 Å². The summed E-state index contributed by atoms with van der Waals surface area (Å²) in [5.41, 5.74) is 2.76. The summed E-state index contributed by atoms with van der Waals surface area (Å²) < 4.78 is 3.34. The van der Waals surface area contributed by atoms with E-state index in [0.717, 1.165) is 16.9 Å². The second-order valence-electron chi connectivity index (χ2n) is 4.48. The van der Waals surface area contributed by atoms with Crippen molar-refractivity contribution in [2.75, 3.05) is 0 Å². The Morgan fingerprint density at radius 1 is 1.30 bits per heavy atom. The Hall–Kier alpha value is -2.14. The van der Waals surface area contributed by atoms with Gasteiger partial charge in [-0.25, -0.2) is 9.55 Å². The van der Waals surface area contributed by atoms with Gasteiger partial charge < -0.3 is 5.11 Å². The third kappa shape index (κ3) is 2.20. The Balaban J connectivity index is 2.05. The molecule has 0 spiro atoms. The van der Waals surface area contributed by atoms with Crippen LogP contribution in [0.15, 0.2) is 36.5 Å². The summed E-state index contributed by atoms with van der Waals surface area (Å²) in [6.45, 7) is 2.53. The summed E-state index contributed by atoms with van der Waals surface area (Å²) in [4.78, 5) is 4.06. The predicted molar refractivity (Wildman–Crippen MR) is 72.6 cm³/mol. The molecular formula is C14H13ClN4O. The lowest BCUT2D eigenvalue weighted by atomic mass is 10.1. The smallest absolute Gasteiger partial charge is 0.265 e. The van der Waals surface area contributed by atoms with Crippen LogP contribution in [-0.4, -0.2) is 14.6 Å². The zero-order valence-electron chi connectivity index (χ0n) is 11.0. The number of rotatable bonds is 3. The lowest BCUT2D eigenvalue weighted by Gasteiger charge is -2.00. The maximum Gasteiger partial charge on any atom is 0.265 e. The third-order valence-electron chi connectivity index (χ3n) is 3.21. The van der Waals surface area contributed by atoms with Gasteiger partial charge in [-0.1, -0.05) is 28.2 Å². The van der Waals surface area contributed by atoms with Crippen molar-refractivity contribution < 1.29 is 9.67 Å². The molecule has 3 rings (SSSR count). The van der Waals surface area contributed by atoms with Crippen LogP contribution in [0.4, 0.5) is 0 Å². The molecule has 0 bridgehead atoms. The molecule has 0 aliphatic carbocycles. The highest BCUT2D eigenvalue weighted by atomic mass is 35.5. The van der Waals surface area contributed by atoms with Crippen LogP contribution in [0.2, 0.25) is 5.15 Å². The highest BCUT2D eigenvalue weighted by molar-refractivity contribution is 6.29. The Morgan fingerprint density at radius 2 is 2.15 bits per heavy atom. The molecule has 5 nitrogen and oxygen atoms in total. The van der Waals surface area contributed by atoms with Crippen molar-refractivity contribution in [2.45, 2.75) is 19.9 Å². The molecule has 0 unspecified atom stereocenters. The van der Waals surface area contributed by atoms with Crippen LogP contribution < -0.4 is 9.67 Å². The van der Waals surface area contributed by atoms with Crippen LogP contribution >= 0.6 is 11.6 Å². The molecule has 0 saturated heterocycles. The Kier molecular flexibility index (Phi) is 3.28. The molecule has 0 aromatic carbocycles. The van der Waals surface area contributed by atoms with Gasteiger partial charge in [0.15, 0.2) is 0 Å². The van der Waals surface area contributed by atoms with Gasteiger partial charge in [0.1, 0.15) is 10.8 Å². The average molecular weight is 289 g/mol. The molecule has 0 aliphatic rings. The van der Waals surface area contributed by atoms with Crippen LogP contribution in [0.25, 0.3) is 5.65 Å². The molecule has 6 heteroatoms. The molecule has 3 heterocycles. The monoisotopic (exact) mass is 288 g/mol. The van der Waals surface area contributed by atoms with Gasteiger partial charge in [-0.05, 0) is 24.6 Å². The van der Waals surface area contributed by atoms with Crippen LogP contribution in [0, 0.1) is 0 Å². The quantitative estimate of drug-likeness (QED) is 0.540. The summed E-state index contributed by atoms with van der Waals surface area (Å²) in [7, 11) is 0. The number of halogens is 1. The number of pyridine rings is 2. The summed E-state index contributed by atoms with van der Waals surface area (Å²) >= 11 is 5.78. The van der Waals surface area contributed by atoms with Gasteiger partial charge in [-0.3, -0.25) is 0 Å². The summed E-state index contributed by atoms with van der Waals surface area (Å²) in [5, 5.41) is 16.4. The SMILES string of the molecule is CC[n+]1c([O-])nn2c(Cc3ccc(Cl)nc3)cccc21. The number of aryl methyl sites for hydroxylation is 1. The molecule has 102 valence electrons. The number of aromatic nitrogens is 4. The molecule has 0 amide bonds.